The summed E-state index contributed by atoms with van der Waals surface area (Å²) >= 11 is 0. The standard InChI is InChI=1S/C12H13F2N3O/c1-8-6-11(15)17(16-8)7-9-4-2-3-5-10(9)18-12(13)14/h2-6,12H,7,15H2,1H3. The number of aromatic nitrogens is 2. The zero-order valence-electron chi connectivity index (χ0n) is 9.81. The van der Waals surface area contributed by atoms with E-state index in [1.807, 2.05) is 6.92 Å². The van der Waals surface area contributed by atoms with Crippen LogP contribution in [0, 0.1) is 6.92 Å². The van der Waals surface area contributed by atoms with Crippen molar-refractivity contribution in [1.29, 1.82) is 0 Å². The highest BCUT2D eigenvalue weighted by Gasteiger charge is 2.11. The van der Waals surface area contributed by atoms with Gasteiger partial charge >= 0.3 is 6.61 Å². The number of ether oxygens (including phenoxy) is 1. The first kappa shape index (κ1) is 12.3. The molecule has 0 saturated carbocycles. The Morgan fingerprint density at radius 1 is 1.39 bits per heavy atom. The van der Waals surface area contributed by atoms with Gasteiger partial charge in [-0.25, -0.2) is 4.68 Å². The number of nitrogens with two attached hydrogens (primary N) is 1. The molecule has 0 saturated heterocycles. The first-order valence-electron chi connectivity index (χ1n) is 5.39. The number of hydrogen-bond acceptors (Lipinski definition) is 3. The van der Waals surface area contributed by atoms with Crippen LogP contribution in [0.3, 0.4) is 0 Å². The smallest absolute Gasteiger partial charge is 0.387 e. The lowest BCUT2D eigenvalue weighted by atomic mass is 10.2. The summed E-state index contributed by atoms with van der Waals surface area (Å²) in [6.07, 6.45) is 0. The van der Waals surface area contributed by atoms with Crippen LogP contribution < -0.4 is 10.5 Å². The third-order valence-corrected chi connectivity index (χ3v) is 2.44. The maximum atomic E-state index is 12.3. The van der Waals surface area contributed by atoms with Crippen LogP contribution >= 0.6 is 0 Å². The van der Waals surface area contributed by atoms with Gasteiger partial charge in [0.1, 0.15) is 11.6 Å². The highest BCUT2D eigenvalue weighted by molar-refractivity contribution is 5.36. The van der Waals surface area contributed by atoms with Gasteiger partial charge in [0, 0.05) is 11.6 Å². The van der Waals surface area contributed by atoms with Crippen LogP contribution in [-0.2, 0) is 6.54 Å². The van der Waals surface area contributed by atoms with E-state index < -0.39 is 6.61 Å². The normalized spacial score (nSPS) is 10.9. The number of alkyl halides is 2. The minimum atomic E-state index is -2.84. The zero-order chi connectivity index (χ0) is 13.1. The molecule has 0 aliphatic rings. The lowest BCUT2D eigenvalue weighted by molar-refractivity contribution is -0.0505. The van der Waals surface area contributed by atoms with E-state index in [4.69, 9.17) is 5.73 Å². The molecule has 0 bridgehead atoms. The third-order valence-electron chi connectivity index (χ3n) is 2.44. The molecule has 1 heterocycles. The third kappa shape index (κ3) is 2.77. The Morgan fingerprint density at radius 2 is 2.11 bits per heavy atom. The summed E-state index contributed by atoms with van der Waals surface area (Å²) in [5.74, 6) is 0.624. The predicted octanol–water partition coefficient (Wildman–Crippen LogP) is 2.42. The molecule has 0 aliphatic carbocycles. The van der Waals surface area contributed by atoms with E-state index in [2.05, 4.69) is 9.84 Å². The van der Waals surface area contributed by atoms with Crippen LogP contribution in [0.4, 0.5) is 14.6 Å². The van der Waals surface area contributed by atoms with Crippen molar-refractivity contribution in [3.63, 3.8) is 0 Å². The molecule has 6 heteroatoms. The molecule has 0 aliphatic heterocycles. The molecule has 2 aromatic rings. The number of nitrogens with zero attached hydrogens (tertiary/aromatic N) is 2. The Labute approximate surface area is 103 Å². The average molecular weight is 253 g/mol. The Kier molecular flexibility index (Phi) is 3.45. The molecule has 0 spiro atoms. The topological polar surface area (TPSA) is 53.1 Å². The number of anilines is 1. The van der Waals surface area contributed by atoms with Gasteiger partial charge in [-0.3, -0.25) is 0 Å². The van der Waals surface area contributed by atoms with Crippen LogP contribution in [0.2, 0.25) is 0 Å². The first-order chi connectivity index (χ1) is 8.56. The number of rotatable bonds is 4. The van der Waals surface area contributed by atoms with Gasteiger partial charge in [-0.15, -0.1) is 0 Å². The van der Waals surface area contributed by atoms with Crippen molar-refractivity contribution in [2.24, 2.45) is 0 Å². The van der Waals surface area contributed by atoms with Gasteiger partial charge in [0.05, 0.1) is 12.2 Å². The molecule has 96 valence electrons. The molecule has 0 fully saturated rings. The monoisotopic (exact) mass is 253 g/mol. The minimum absolute atomic E-state index is 0.139. The quantitative estimate of drug-likeness (QED) is 0.910. The SMILES string of the molecule is Cc1cc(N)n(Cc2ccccc2OC(F)F)n1. The fourth-order valence-corrected chi connectivity index (χ4v) is 1.70. The Balaban J connectivity index is 2.26. The van der Waals surface area contributed by atoms with Gasteiger partial charge < -0.3 is 10.5 Å². The van der Waals surface area contributed by atoms with Crippen molar-refractivity contribution in [2.45, 2.75) is 20.1 Å². The van der Waals surface area contributed by atoms with Crippen molar-refractivity contribution in [1.82, 2.24) is 9.78 Å². The van der Waals surface area contributed by atoms with E-state index in [0.717, 1.165) is 5.69 Å². The van der Waals surface area contributed by atoms with Gasteiger partial charge in [-0.2, -0.15) is 13.9 Å². The van der Waals surface area contributed by atoms with Crippen LogP contribution in [0.5, 0.6) is 5.75 Å². The van der Waals surface area contributed by atoms with E-state index in [1.54, 1.807) is 28.9 Å². The van der Waals surface area contributed by atoms with Gasteiger partial charge in [0.25, 0.3) is 0 Å². The van der Waals surface area contributed by atoms with Crippen molar-refractivity contribution < 1.29 is 13.5 Å². The van der Waals surface area contributed by atoms with E-state index in [1.165, 1.54) is 6.07 Å². The highest BCUT2D eigenvalue weighted by Crippen LogP contribution is 2.22. The lowest BCUT2D eigenvalue weighted by Crippen LogP contribution is -2.09. The first-order valence-corrected chi connectivity index (χ1v) is 5.39. The molecular formula is C12H13F2N3O. The summed E-state index contributed by atoms with van der Waals surface area (Å²) in [6.45, 7) is -0.736. The average Bonchev–Trinajstić information content (AvgIpc) is 2.59. The van der Waals surface area contributed by atoms with Gasteiger partial charge in [-0.05, 0) is 13.0 Å². The van der Waals surface area contributed by atoms with Crippen molar-refractivity contribution in [3.05, 3.63) is 41.6 Å². The second kappa shape index (κ2) is 5.03. The van der Waals surface area contributed by atoms with E-state index >= 15 is 0 Å². The molecule has 1 aromatic carbocycles. The van der Waals surface area contributed by atoms with Gasteiger partial charge in [0.15, 0.2) is 0 Å². The highest BCUT2D eigenvalue weighted by atomic mass is 19.3. The number of para-hydroxylation sites is 1. The van der Waals surface area contributed by atoms with Gasteiger partial charge in [0.2, 0.25) is 0 Å². The van der Waals surface area contributed by atoms with E-state index in [9.17, 15) is 8.78 Å². The zero-order valence-corrected chi connectivity index (χ0v) is 9.81. The number of benzene rings is 1. The van der Waals surface area contributed by atoms with Crippen LogP contribution in [0.1, 0.15) is 11.3 Å². The van der Waals surface area contributed by atoms with E-state index in [-0.39, 0.29) is 5.75 Å². The fraction of sp³-hybridized carbons (Fsp3) is 0.250. The Hall–Kier alpha value is -2.11. The molecule has 4 nitrogen and oxygen atoms in total. The second-order valence-corrected chi connectivity index (χ2v) is 3.85. The Morgan fingerprint density at radius 3 is 2.72 bits per heavy atom. The summed E-state index contributed by atoms with van der Waals surface area (Å²) in [4.78, 5) is 0. The van der Waals surface area contributed by atoms with Crippen molar-refractivity contribution >= 4 is 5.82 Å². The maximum Gasteiger partial charge on any atom is 0.387 e. The van der Waals surface area contributed by atoms with E-state index in [0.29, 0.717) is 17.9 Å². The Bertz CT molecular complexity index is 540. The number of hydrogen-bond donors (Lipinski definition) is 1. The number of nitrogen functional groups attached to an aromatic ring is 1. The fourth-order valence-electron chi connectivity index (χ4n) is 1.70. The maximum absolute atomic E-state index is 12.3. The molecular weight excluding hydrogens is 240 g/mol. The molecule has 2 rings (SSSR count). The summed E-state index contributed by atoms with van der Waals surface area (Å²) in [6, 6.07) is 8.30. The number of aryl methyl sites for hydroxylation is 1. The second-order valence-electron chi connectivity index (χ2n) is 3.85. The summed E-state index contributed by atoms with van der Waals surface area (Å²) in [7, 11) is 0. The van der Waals surface area contributed by atoms with Crippen LogP contribution in [0.15, 0.2) is 30.3 Å². The molecule has 0 atom stereocenters. The summed E-state index contributed by atoms with van der Waals surface area (Å²) in [5.41, 5.74) is 7.13. The van der Waals surface area contributed by atoms with Crippen molar-refractivity contribution in [2.75, 3.05) is 5.73 Å². The molecule has 2 N–H and O–H groups in total. The van der Waals surface area contributed by atoms with Crippen LogP contribution in [0.25, 0.3) is 0 Å². The summed E-state index contributed by atoms with van der Waals surface area (Å²) in [5, 5.41) is 4.17. The largest absolute Gasteiger partial charge is 0.434 e. The molecule has 0 radical (unpaired) electrons. The summed E-state index contributed by atoms with van der Waals surface area (Å²) < 4.78 is 30.5. The number of halogens is 2. The minimum Gasteiger partial charge on any atom is -0.434 e. The molecule has 0 amide bonds. The van der Waals surface area contributed by atoms with Gasteiger partial charge in [-0.1, -0.05) is 18.2 Å². The van der Waals surface area contributed by atoms with Crippen molar-refractivity contribution in [3.8, 4) is 5.75 Å². The van der Waals surface area contributed by atoms with Crippen LogP contribution in [-0.4, -0.2) is 16.4 Å². The lowest BCUT2D eigenvalue weighted by Gasteiger charge is -2.11. The molecule has 0 unspecified atom stereocenters. The molecule has 1 aromatic heterocycles. The molecule has 18 heavy (non-hydrogen) atoms. The predicted molar refractivity (Wildman–Crippen MR) is 63.6 cm³/mol.